The standard InChI is InChI=1S/C24H26F2N4OS/c1-16(17-11-13-18(25)14-12-17)27-22(31)15-32-24-29-28-23(20-9-5-6-10-21(20)26)30(24)19-7-3-2-4-8-19/h5-6,9-14,16,19H,2-4,7-8,15H2,1H3,(H,27,31)/t16-/m1/s1. The van der Waals surface area contributed by atoms with Crippen LogP contribution in [0.15, 0.2) is 53.7 Å². The number of rotatable bonds is 7. The van der Waals surface area contributed by atoms with Gasteiger partial charge in [-0.05, 0) is 49.6 Å². The van der Waals surface area contributed by atoms with Crippen molar-refractivity contribution in [3.8, 4) is 11.4 Å². The van der Waals surface area contributed by atoms with Crippen LogP contribution in [0.2, 0.25) is 0 Å². The van der Waals surface area contributed by atoms with Crippen LogP contribution in [-0.2, 0) is 4.79 Å². The minimum absolute atomic E-state index is 0.155. The second-order valence-corrected chi connectivity index (χ2v) is 9.02. The molecule has 2 aromatic carbocycles. The van der Waals surface area contributed by atoms with Crippen LogP contribution in [0, 0.1) is 11.6 Å². The number of thioether (sulfide) groups is 1. The van der Waals surface area contributed by atoms with E-state index in [-0.39, 0.29) is 35.4 Å². The van der Waals surface area contributed by atoms with Gasteiger partial charge >= 0.3 is 0 Å². The Balaban J connectivity index is 1.50. The topological polar surface area (TPSA) is 59.8 Å². The molecule has 168 valence electrons. The molecule has 1 fully saturated rings. The fourth-order valence-corrected chi connectivity index (χ4v) is 4.93. The highest BCUT2D eigenvalue weighted by molar-refractivity contribution is 7.99. The molecule has 5 nitrogen and oxygen atoms in total. The van der Waals surface area contributed by atoms with Crippen LogP contribution in [0.25, 0.3) is 11.4 Å². The van der Waals surface area contributed by atoms with Crippen LogP contribution in [0.1, 0.15) is 56.7 Å². The van der Waals surface area contributed by atoms with Gasteiger partial charge in [0.25, 0.3) is 0 Å². The minimum atomic E-state index is -0.334. The molecule has 1 aromatic heterocycles. The molecule has 0 saturated heterocycles. The molecule has 1 saturated carbocycles. The molecular formula is C24H26F2N4OS. The number of hydrogen-bond acceptors (Lipinski definition) is 4. The summed E-state index contributed by atoms with van der Waals surface area (Å²) >= 11 is 1.30. The van der Waals surface area contributed by atoms with Crippen molar-refractivity contribution in [2.45, 2.75) is 56.3 Å². The molecule has 1 amide bonds. The first-order chi connectivity index (χ1) is 15.5. The van der Waals surface area contributed by atoms with Crippen molar-refractivity contribution in [2.75, 3.05) is 5.75 Å². The van der Waals surface area contributed by atoms with Gasteiger partial charge in [-0.25, -0.2) is 8.78 Å². The average molecular weight is 457 g/mol. The lowest BCUT2D eigenvalue weighted by atomic mass is 9.95. The molecule has 0 unspecified atom stereocenters. The number of aromatic nitrogens is 3. The Morgan fingerprint density at radius 1 is 1.09 bits per heavy atom. The van der Waals surface area contributed by atoms with Gasteiger partial charge in [0.05, 0.1) is 17.4 Å². The first-order valence-electron chi connectivity index (χ1n) is 10.9. The number of carbonyl (C=O) groups is 1. The summed E-state index contributed by atoms with van der Waals surface area (Å²) in [6.07, 6.45) is 5.39. The van der Waals surface area contributed by atoms with Crippen molar-refractivity contribution in [3.63, 3.8) is 0 Å². The smallest absolute Gasteiger partial charge is 0.230 e. The fraction of sp³-hybridized carbons (Fsp3) is 0.375. The number of carbonyl (C=O) groups excluding carboxylic acids is 1. The summed E-state index contributed by atoms with van der Waals surface area (Å²) in [5.74, 6) is -0.127. The van der Waals surface area contributed by atoms with E-state index in [2.05, 4.69) is 15.5 Å². The Kier molecular flexibility index (Phi) is 7.19. The highest BCUT2D eigenvalue weighted by Crippen LogP contribution is 2.36. The van der Waals surface area contributed by atoms with Crippen molar-refractivity contribution >= 4 is 17.7 Å². The van der Waals surface area contributed by atoms with Gasteiger partial charge in [0.15, 0.2) is 11.0 Å². The van der Waals surface area contributed by atoms with Crippen molar-refractivity contribution in [3.05, 3.63) is 65.7 Å². The molecule has 1 heterocycles. The number of benzene rings is 2. The average Bonchev–Trinajstić information content (AvgIpc) is 3.22. The lowest BCUT2D eigenvalue weighted by Crippen LogP contribution is -2.28. The third-order valence-electron chi connectivity index (χ3n) is 5.80. The maximum Gasteiger partial charge on any atom is 0.230 e. The van der Waals surface area contributed by atoms with Crippen molar-refractivity contribution in [1.29, 1.82) is 0 Å². The SMILES string of the molecule is C[C@@H](NC(=O)CSc1nnc(-c2ccccc2F)n1C1CCCCC1)c1ccc(F)cc1. The van der Waals surface area contributed by atoms with E-state index in [0.717, 1.165) is 31.2 Å². The van der Waals surface area contributed by atoms with E-state index in [1.807, 2.05) is 11.5 Å². The summed E-state index contributed by atoms with van der Waals surface area (Å²) in [5.41, 5.74) is 1.25. The van der Waals surface area contributed by atoms with Crippen LogP contribution < -0.4 is 5.32 Å². The Labute approximate surface area is 190 Å². The summed E-state index contributed by atoms with van der Waals surface area (Å²) < 4.78 is 29.6. The quantitative estimate of drug-likeness (QED) is 0.464. The molecule has 4 rings (SSSR count). The Morgan fingerprint density at radius 3 is 2.53 bits per heavy atom. The molecule has 0 bridgehead atoms. The third kappa shape index (κ3) is 5.18. The summed E-state index contributed by atoms with van der Waals surface area (Å²) in [4.78, 5) is 12.6. The molecule has 0 aliphatic heterocycles. The maximum absolute atomic E-state index is 14.5. The van der Waals surface area contributed by atoms with Gasteiger partial charge in [0.2, 0.25) is 5.91 Å². The van der Waals surface area contributed by atoms with E-state index in [4.69, 9.17) is 0 Å². The second kappa shape index (κ2) is 10.3. The third-order valence-corrected chi connectivity index (χ3v) is 6.74. The van der Waals surface area contributed by atoms with Gasteiger partial charge in [-0.15, -0.1) is 10.2 Å². The minimum Gasteiger partial charge on any atom is -0.349 e. The monoisotopic (exact) mass is 456 g/mol. The van der Waals surface area contributed by atoms with E-state index >= 15 is 0 Å². The molecular weight excluding hydrogens is 430 g/mol. The fourth-order valence-electron chi connectivity index (χ4n) is 4.12. The number of halogens is 2. The summed E-state index contributed by atoms with van der Waals surface area (Å²) in [5, 5.41) is 12.2. The van der Waals surface area contributed by atoms with Crippen LogP contribution in [-0.4, -0.2) is 26.4 Å². The van der Waals surface area contributed by atoms with E-state index < -0.39 is 0 Å². The van der Waals surface area contributed by atoms with E-state index in [9.17, 15) is 13.6 Å². The van der Waals surface area contributed by atoms with Crippen molar-refractivity contribution in [2.24, 2.45) is 0 Å². The van der Waals surface area contributed by atoms with E-state index in [1.165, 1.54) is 36.4 Å². The Hall–Kier alpha value is -2.74. The van der Waals surface area contributed by atoms with E-state index in [1.54, 1.807) is 30.3 Å². The van der Waals surface area contributed by atoms with Gasteiger partial charge in [0, 0.05) is 6.04 Å². The molecule has 3 aromatic rings. The van der Waals surface area contributed by atoms with Gasteiger partial charge < -0.3 is 5.32 Å². The molecule has 0 spiro atoms. The molecule has 1 atom stereocenters. The molecule has 8 heteroatoms. The zero-order chi connectivity index (χ0) is 22.5. The van der Waals surface area contributed by atoms with Gasteiger partial charge in [-0.3, -0.25) is 9.36 Å². The second-order valence-electron chi connectivity index (χ2n) is 8.08. The van der Waals surface area contributed by atoms with Gasteiger partial charge in [0.1, 0.15) is 11.6 Å². The van der Waals surface area contributed by atoms with Crippen LogP contribution >= 0.6 is 11.8 Å². The predicted molar refractivity (Wildman–Crippen MR) is 121 cm³/mol. The van der Waals surface area contributed by atoms with Crippen LogP contribution in [0.4, 0.5) is 8.78 Å². The largest absolute Gasteiger partial charge is 0.349 e. The van der Waals surface area contributed by atoms with Crippen molar-refractivity contribution in [1.82, 2.24) is 20.1 Å². The number of amides is 1. The van der Waals surface area contributed by atoms with Gasteiger partial charge in [-0.2, -0.15) is 0 Å². The highest BCUT2D eigenvalue weighted by atomic mass is 32.2. The first-order valence-corrected chi connectivity index (χ1v) is 11.9. The number of nitrogens with one attached hydrogen (secondary N) is 1. The molecule has 32 heavy (non-hydrogen) atoms. The van der Waals surface area contributed by atoms with Crippen LogP contribution in [0.3, 0.4) is 0 Å². The normalized spacial score (nSPS) is 15.5. The summed E-state index contributed by atoms with van der Waals surface area (Å²) in [7, 11) is 0. The summed E-state index contributed by atoms with van der Waals surface area (Å²) in [6.45, 7) is 1.86. The first kappa shape index (κ1) is 22.5. The Morgan fingerprint density at radius 2 is 1.81 bits per heavy atom. The lowest BCUT2D eigenvalue weighted by Gasteiger charge is -2.25. The zero-order valence-electron chi connectivity index (χ0n) is 17.9. The Bertz CT molecular complexity index is 1060. The summed E-state index contributed by atoms with van der Waals surface area (Å²) in [6, 6.07) is 12.6. The van der Waals surface area contributed by atoms with Crippen molar-refractivity contribution < 1.29 is 13.6 Å². The highest BCUT2D eigenvalue weighted by Gasteiger charge is 2.25. The number of nitrogens with zero attached hydrogens (tertiary/aromatic N) is 3. The maximum atomic E-state index is 14.5. The van der Waals surface area contributed by atoms with Gasteiger partial charge in [-0.1, -0.05) is 55.3 Å². The lowest BCUT2D eigenvalue weighted by molar-refractivity contribution is -0.119. The predicted octanol–water partition coefficient (Wildman–Crippen LogP) is 5.70. The van der Waals surface area contributed by atoms with Crippen LogP contribution in [0.5, 0.6) is 0 Å². The zero-order valence-corrected chi connectivity index (χ0v) is 18.7. The molecule has 1 aliphatic carbocycles. The molecule has 0 radical (unpaired) electrons. The van der Waals surface area contributed by atoms with E-state index in [0.29, 0.717) is 16.5 Å². The molecule has 1 N–H and O–H groups in total. The molecule has 1 aliphatic rings. The number of hydrogen-bond donors (Lipinski definition) is 1.